The van der Waals surface area contributed by atoms with Crippen molar-refractivity contribution in [2.24, 2.45) is 52.3 Å². The van der Waals surface area contributed by atoms with Gasteiger partial charge in [0.25, 0.3) is 0 Å². The maximum Gasteiger partial charge on any atom is 0.313 e. The zero-order valence-electron chi connectivity index (χ0n) is 21.8. The Labute approximate surface area is 200 Å². The number of fused-ring (bicyclic) bond motifs is 5. The van der Waals surface area contributed by atoms with Crippen LogP contribution in [0.3, 0.4) is 0 Å². The molecule has 4 saturated carbocycles. The van der Waals surface area contributed by atoms with E-state index in [9.17, 15) is 9.59 Å². The fourth-order valence-corrected chi connectivity index (χ4v) is 10.2. The fourth-order valence-electron chi connectivity index (χ4n) is 10.2. The quantitative estimate of drug-likeness (QED) is 0.423. The van der Waals surface area contributed by atoms with Gasteiger partial charge in [0.1, 0.15) is 17.6 Å². The van der Waals surface area contributed by atoms with Gasteiger partial charge in [0.15, 0.2) is 0 Å². The van der Waals surface area contributed by atoms with Crippen molar-refractivity contribution in [2.75, 3.05) is 0 Å². The normalized spacial score (nSPS) is 48.8. The van der Waals surface area contributed by atoms with E-state index in [-0.39, 0.29) is 29.4 Å². The van der Waals surface area contributed by atoms with Crippen LogP contribution >= 0.6 is 0 Å². The summed E-state index contributed by atoms with van der Waals surface area (Å²) in [6, 6.07) is 0. The minimum absolute atomic E-state index is 0.0190. The van der Waals surface area contributed by atoms with Gasteiger partial charge in [-0.3, -0.25) is 9.59 Å². The topological polar surface area (TPSA) is 52.6 Å². The Morgan fingerprint density at radius 3 is 2.48 bits per heavy atom. The highest BCUT2D eigenvalue weighted by atomic mass is 16.6. The molecule has 4 aliphatic carbocycles. The molecule has 1 heterocycles. The summed E-state index contributed by atoms with van der Waals surface area (Å²) in [5, 5.41) is 0. The first kappa shape index (κ1) is 23.7. The van der Waals surface area contributed by atoms with Crippen molar-refractivity contribution in [3.05, 3.63) is 0 Å². The molecule has 0 amide bonds. The zero-order valence-corrected chi connectivity index (χ0v) is 21.8. The Morgan fingerprint density at radius 1 is 1.06 bits per heavy atom. The first-order valence-corrected chi connectivity index (χ1v) is 13.9. The highest BCUT2D eigenvalue weighted by Gasteiger charge is 2.80. The monoisotopic (exact) mass is 458 g/mol. The van der Waals surface area contributed by atoms with Gasteiger partial charge in [0.2, 0.25) is 0 Å². The van der Waals surface area contributed by atoms with Gasteiger partial charge >= 0.3 is 11.9 Å². The molecule has 0 aromatic rings. The van der Waals surface area contributed by atoms with E-state index in [1.807, 2.05) is 0 Å². The third-order valence-corrected chi connectivity index (χ3v) is 11.6. The van der Waals surface area contributed by atoms with Gasteiger partial charge in [-0.15, -0.1) is 0 Å². The number of carbonyl (C=O) groups excluding carboxylic acids is 2. The summed E-state index contributed by atoms with van der Waals surface area (Å²) in [7, 11) is 0. The molecule has 5 fully saturated rings. The second-order valence-electron chi connectivity index (χ2n) is 13.5. The number of carbonyl (C=O) groups is 2. The third kappa shape index (κ3) is 3.28. The minimum atomic E-state index is -0.399. The second-order valence-corrected chi connectivity index (χ2v) is 13.5. The summed E-state index contributed by atoms with van der Waals surface area (Å²) in [6.45, 7) is 13.6. The Balaban J connectivity index is 1.39. The summed E-state index contributed by atoms with van der Waals surface area (Å²) in [6.07, 6.45) is 11.7. The summed E-state index contributed by atoms with van der Waals surface area (Å²) in [5.41, 5.74) is -0.00615. The van der Waals surface area contributed by atoms with Crippen LogP contribution in [0, 0.1) is 52.3 Å². The smallest absolute Gasteiger partial charge is 0.313 e. The molecule has 0 radical (unpaired) electrons. The average molecular weight is 459 g/mol. The lowest BCUT2D eigenvalue weighted by Gasteiger charge is -2.57. The molecule has 4 heteroatoms. The molecule has 1 saturated heterocycles. The van der Waals surface area contributed by atoms with Crippen molar-refractivity contribution in [2.45, 2.75) is 117 Å². The Hall–Kier alpha value is -1.06. The van der Waals surface area contributed by atoms with Crippen LogP contribution < -0.4 is 0 Å². The molecular weight excluding hydrogens is 412 g/mol. The van der Waals surface area contributed by atoms with Crippen molar-refractivity contribution in [3.8, 4) is 0 Å². The first-order chi connectivity index (χ1) is 15.5. The molecule has 5 rings (SSSR count). The first-order valence-electron chi connectivity index (χ1n) is 13.9. The molecule has 1 spiro atoms. The molecule has 33 heavy (non-hydrogen) atoms. The van der Waals surface area contributed by atoms with Gasteiger partial charge < -0.3 is 9.47 Å². The van der Waals surface area contributed by atoms with Crippen LogP contribution in [0.4, 0.5) is 0 Å². The molecule has 0 aromatic carbocycles. The largest absolute Gasteiger partial charge is 0.462 e. The molecule has 4 nitrogen and oxygen atoms in total. The predicted molar refractivity (Wildman–Crippen MR) is 128 cm³/mol. The van der Waals surface area contributed by atoms with Crippen molar-refractivity contribution in [3.63, 3.8) is 0 Å². The number of rotatable bonds is 6. The van der Waals surface area contributed by atoms with Gasteiger partial charge in [-0.2, -0.15) is 0 Å². The molecule has 0 aromatic heterocycles. The molecule has 1 aliphatic heterocycles. The third-order valence-electron chi connectivity index (χ3n) is 11.6. The number of hydrogen-bond acceptors (Lipinski definition) is 4. The van der Waals surface area contributed by atoms with Gasteiger partial charge in [0, 0.05) is 18.8 Å². The van der Waals surface area contributed by atoms with E-state index in [1.54, 1.807) is 0 Å². The van der Waals surface area contributed by atoms with E-state index >= 15 is 0 Å². The maximum absolute atomic E-state index is 13.1. The van der Waals surface area contributed by atoms with E-state index in [0.717, 1.165) is 30.6 Å². The van der Waals surface area contributed by atoms with Crippen LogP contribution in [0.25, 0.3) is 0 Å². The van der Waals surface area contributed by atoms with Crippen LogP contribution in [-0.4, -0.2) is 23.6 Å². The van der Waals surface area contributed by atoms with E-state index in [2.05, 4.69) is 34.6 Å². The number of hydrogen-bond donors (Lipinski definition) is 0. The number of ether oxygens (including phenoxy) is 2. The van der Waals surface area contributed by atoms with Crippen LogP contribution in [0.5, 0.6) is 0 Å². The van der Waals surface area contributed by atoms with Crippen molar-refractivity contribution >= 4 is 11.9 Å². The lowest BCUT2D eigenvalue weighted by atomic mass is 9.53. The van der Waals surface area contributed by atoms with Crippen molar-refractivity contribution < 1.29 is 19.1 Å². The molecule has 186 valence electrons. The van der Waals surface area contributed by atoms with E-state index in [4.69, 9.17) is 9.47 Å². The minimum Gasteiger partial charge on any atom is -0.462 e. The molecule has 0 bridgehead atoms. The standard InChI is InChI=1S/C29H46O4/c1-17(2)8-7-9-18(3)21-10-11-22-24-23(13-14-27(21,22)5)28(6)15-12-20(32-19(4)30)16-29(28)25(24)26(31)33-29/h17-18,20-25H,7-16H2,1-6H3. The van der Waals surface area contributed by atoms with Crippen LogP contribution in [0.1, 0.15) is 106 Å². The highest BCUT2D eigenvalue weighted by molar-refractivity contribution is 5.82. The molecule has 10 atom stereocenters. The maximum atomic E-state index is 13.1. The molecule has 10 unspecified atom stereocenters. The average Bonchev–Trinajstić information content (AvgIpc) is 3.14. The SMILES string of the molecule is CC(=O)OC1CCC2(C)C3CCC4(C)C(C(C)CCCC(C)C)CCC4C3C3C(=O)OC32C1. The zero-order chi connectivity index (χ0) is 23.8. The van der Waals surface area contributed by atoms with E-state index < -0.39 is 5.60 Å². The second kappa shape index (κ2) is 7.98. The van der Waals surface area contributed by atoms with Crippen molar-refractivity contribution in [1.82, 2.24) is 0 Å². The van der Waals surface area contributed by atoms with E-state index in [1.165, 1.54) is 51.9 Å². The fraction of sp³-hybridized carbons (Fsp3) is 0.931. The lowest BCUT2D eigenvalue weighted by molar-refractivity contribution is -0.251. The predicted octanol–water partition coefficient (Wildman–Crippen LogP) is 6.55. The highest BCUT2D eigenvalue weighted by Crippen LogP contribution is 2.76. The van der Waals surface area contributed by atoms with Crippen LogP contribution in [0.15, 0.2) is 0 Å². The Bertz CT molecular complexity index is 805. The summed E-state index contributed by atoms with van der Waals surface area (Å²) >= 11 is 0. The molecule has 0 N–H and O–H groups in total. The van der Waals surface area contributed by atoms with Gasteiger partial charge in [-0.05, 0) is 79.4 Å². The summed E-state index contributed by atoms with van der Waals surface area (Å²) < 4.78 is 11.8. The number of esters is 2. The summed E-state index contributed by atoms with van der Waals surface area (Å²) in [4.78, 5) is 24.7. The van der Waals surface area contributed by atoms with Gasteiger partial charge in [-0.25, -0.2) is 0 Å². The Morgan fingerprint density at radius 2 is 1.82 bits per heavy atom. The lowest BCUT2D eigenvalue weighted by Crippen LogP contribution is -2.66. The summed E-state index contributed by atoms with van der Waals surface area (Å²) in [5.74, 6) is 3.85. The van der Waals surface area contributed by atoms with Crippen molar-refractivity contribution in [1.29, 1.82) is 0 Å². The molecular formula is C29H46O4. The van der Waals surface area contributed by atoms with Gasteiger partial charge in [-0.1, -0.05) is 53.9 Å². The van der Waals surface area contributed by atoms with Crippen LogP contribution in [-0.2, 0) is 19.1 Å². The van der Waals surface area contributed by atoms with Gasteiger partial charge in [0.05, 0.1) is 0 Å². The van der Waals surface area contributed by atoms with E-state index in [0.29, 0.717) is 29.6 Å². The van der Waals surface area contributed by atoms with Crippen LogP contribution in [0.2, 0.25) is 0 Å². The molecule has 5 aliphatic rings. The Kier molecular flexibility index (Phi) is 5.73.